The Hall–Kier alpha value is -0.940. The summed E-state index contributed by atoms with van der Waals surface area (Å²) >= 11 is 0. The number of aliphatic carboxylic acids is 1. The van der Waals surface area contributed by atoms with Gasteiger partial charge in [-0.15, -0.1) is 0 Å². The lowest BCUT2D eigenvalue weighted by atomic mass is 10.0. The van der Waals surface area contributed by atoms with E-state index in [1.165, 1.54) is 89.9 Å². The number of rotatable bonds is 21. The van der Waals surface area contributed by atoms with Crippen LogP contribution in [0.25, 0.3) is 0 Å². The van der Waals surface area contributed by atoms with Crippen LogP contribution in [0.4, 0.5) is 0 Å². The van der Waals surface area contributed by atoms with Crippen LogP contribution in [0.3, 0.4) is 0 Å². The van der Waals surface area contributed by atoms with Gasteiger partial charge < -0.3 is 15.0 Å². The van der Waals surface area contributed by atoms with Gasteiger partial charge in [0.1, 0.15) is 13.1 Å². The summed E-state index contributed by atoms with van der Waals surface area (Å²) in [6, 6.07) is 0. The van der Waals surface area contributed by atoms with Gasteiger partial charge in [0.05, 0.1) is 19.7 Å². The van der Waals surface area contributed by atoms with Crippen molar-refractivity contribution in [1.82, 2.24) is 0 Å². The van der Waals surface area contributed by atoms with Gasteiger partial charge in [-0.2, -0.15) is 0 Å². The highest BCUT2D eigenvalue weighted by atomic mass is 16.4. The van der Waals surface area contributed by atoms with Crippen molar-refractivity contribution < 1.29 is 19.5 Å². The summed E-state index contributed by atoms with van der Waals surface area (Å²) < 4.78 is 0.559. The molecule has 176 valence electrons. The van der Waals surface area contributed by atoms with Crippen molar-refractivity contribution in [2.75, 3.05) is 32.8 Å². The van der Waals surface area contributed by atoms with Crippen molar-refractivity contribution >= 4 is 11.8 Å². The maximum Gasteiger partial charge on any atom is 0.198 e. The standard InChI is InChI=1S/C25H48N2O3/c1-2-3-4-5-6-7-8-9-10-11-12-13-14-15-16-17-24-26-19-21-27(24,22-23-28)20-18-25(29)30/h28H,2-23H2,1H3. The van der Waals surface area contributed by atoms with Gasteiger partial charge in [0.25, 0.3) is 0 Å². The highest BCUT2D eigenvalue weighted by Gasteiger charge is 2.36. The van der Waals surface area contributed by atoms with Crippen molar-refractivity contribution in [2.45, 2.75) is 116 Å². The van der Waals surface area contributed by atoms with Crippen LogP contribution >= 0.6 is 0 Å². The molecule has 0 aromatic carbocycles. The van der Waals surface area contributed by atoms with Crippen molar-refractivity contribution in [2.24, 2.45) is 4.99 Å². The van der Waals surface area contributed by atoms with Crippen molar-refractivity contribution in [3.05, 3.63) is 0 Å². The van der Waals surface area contributed by atoms with E-state index >= 15 is 0 Å². The molecule has 0 amide bonds. The minimum atomic E-state index is -1.01. The summed E-state index contributed by atoms with van der Waals surface area (Å²) in [6.07, 6.45) is 21.3. The molecule has 0 bridgehead atoms. The number of unbranched alkanes of at least 4 members (excludes halogenated alkanes) is 14. The number of carbonyl (C=O) groups excluding carboxylic acids is 1. The lowest BCUT2D eigenvalue weighted by Crippen LogP contribution is -2.54. The number of aliphatic hydroxyl groups excluding tert-OH is 1. The first-order valence-electron chi connectivity index (χ1n) is 12.9. The van der Waals surface area contributed by atoms with E-state index in [2.05, 4.69) is 11.9 Å². The number of nitrogens with zero attached hydrogens (tertiary/aromatic N) is 2. The quantitative estimate of drug-likeness (QED) is 0.216. The molecule has 1 unspecified atom stereocenters. The SMILES string of the molecule is CCCCCCCCCCCCCCCCCC1=NCC[N+]1(CCO)CCC(=O)[O-]. The second-order valence-electron chi connectivity index (χ2n) is 9.16. The Balaban J connectivity index is 2.01. The molecule has 0 aliphatic carbocycles. The van der Waals surface area contributed by atoms with Gasteiger partial charge in [0, 0.05) is 18.8 Å². The van der Waals surface area contributed by atoms with Crippen LogP contribution in [-0.4, -0.2) is 54.2 Å². The van der Waals surface area contributed by atoms with Crippen molar-refractivity contribution in [3.63, 3.8) is 0 Å². The molecule has 1 aliphatic rings. The molecule has 0 radical (unpaired) electrons. The fraction of sp³-hybridized carbons (Fsp3) is 0.920. The molecule has 0 spiro atoms. The predicted molar refractivity (Wildman–Crippen MR) is 123 cm³/mol. The van der Waals surface area contributed by atoms with E-state index < -0.39 is 5.97 Å². The second kappa shape index (κ2) is 17.7. The third-order valence-corrected chi connectivity index (χ3v) is 6.65. The maximum atomic E-state index is 10.9. The Labute approximate surface area is 185 Å². The molecule has 1 rings (SSSR count). The molecule has 1 N–H and O–H groups in total. The van der Waals surface area contributed by atoms with Crippen LogP contribution in [0, 0.1) is 0 Å². The first-order valence-corrected chi connectivity index (χ1v) is 12.9. The third-order valence-electron chi connectivity index (χ3n) is 6.65. The number of carbonyl (C=O) groups is 1. The number of aliphatic hydroxyl groups is 1. The zero-order valence-corrected chi connectivity index (χ0v) is 19.7. The predicted octanol–water partition coefficient (Wildman–Crippen LogP) is 4.61. The summed E-state index contributed by atoms with van der Waals surface area (Å²) in [4.78, 5) is 15.5. The summed E-state index contributed by atoms with van der Waals surface area (Å²) in [5, 5.41) is 20.3. The highest BCUT2D eigenvalue weighted by Crippen LogP contribution is 2.21. The molecule has 0 aromatic rings. The molecular formula is C25H48N2O3. The number of aliphatic imine (C=N–C) groups is 1. The van der Waals surface area contributed by atoms with Gasteiger partial charge in [0.2, 0.25) is 0 Å². The Morgan fingerprint density at radius 1 is 0.867 bits per heavy atom. The largest absolute Gasteiger partial charge is 0.550 e. The summed E-state index contributed by atoms with van der Waals surface area (Å²) in [6.45, 7) is 5.00. The van der Waals surface area contributed by atoms with Gasteiger partial charge >= 0.3 is 0 Å². The third kappa shape index (κ3) is 12.0. The number of quaternary nitrogens is 1. The normalized spacial score (nSPS) is 18.7. The summed E-state index contributed by atoms with van der Waals surface area (Å²) in [5.74, 6) is 0.0867. The molecule has 0 saturated carbocycles. The number of hydrogen-bond acceptors (Lipinski definition) is 4. The van der Waals surface area contributed by atoms with E-state index in [0.29, 0.717) is 17.6 Å². The van der Waals surface area contributed by atoms with Gasteiger partial charge in [-0.25, -0.2) is 4.99 Å². The van der Waals surface area contributed by atoms with Crippen molar-refractivity contribution in [1.29, 1.82) is 0 Å². The minimum Gasteiger partial charge on any atom is -0.550 e. The number of carboxylic acids is 1. The smallest absolute Gasteiger partial charge is 0.198 e. The number of amidine groups is 1. The molecule has 5 nitrogen and oxygen atoms in total. The Bertz CT molecular complexity index is 467. The summed E-state index contributed by atoms with van der Waals surface area (Å²) in [7, 11) is 0. The molecule has 0 saturated heterocycles. The highest BCUT2D eigenvalue weighted by molar-refractivity contribution is 5.77. The zero-order valence-electron chi connectivity index (χ0n) is 19.7. The van der Waals surface area contributed by atoms with Crippen LogP contribution in [0.5, 0.6) is 0 Å². The maximum absolute atomic E-state index is 10.9. The zero-order chi connectivity index (χ0) is 21.9. The summed E-state index contributed by atoms with van der Waals surface area (Å²) in [5.41, 5.74) is 0. The van der Waals surface area contributed by atoms with Gasteiger partial charge in [0.15, 0.2) is 5.84 Å². The van der Waals surface area contributed by atoms with E-state index in [-0.39, 0.29) is 13.0 Å². The number of carboxylic acid groups (broad SMARTS) is 1. The molecule has 30 heavy (non-hydrogen) atoms. The van der Waals surface area contributed by atoms with Crippen LogP contribution in [-0.2, 0) is 4.79 Å². The van der Waals surface area contributed by atoms with E-state index in [1.54, 1.807) is 0 Å². The average molecular weight is 425 g/mol. The van der Waals surface area contributed by atoms with Gasteiger partial charge in [-0.1, -0.05) is 96.8 Å². The molecule has 1 atom stereocenters. The molecule has 0 fully saturated rings. The lowest BCUT2D eigenvalue weighted by Gasteiger charge is -2.34. The topological polar surface area (TPSA) is 72.7 Å². The average Bonchev–Trinajstić information content (AvgIpc) is 3.12. The van der Waals surface area contributed by atoms with Gasteiger partial charge in [-0.3, -0.25) is 4.48 Å². The van der Waals surface area contributed by atoms with Crippen LogP contribution in [0.15, 0.2) is 4.99 Å². The fourth-order valence-electron chi connectivity index (χ4n) is 4.71. The first kappa shape index (κ1) is 27.1. The Kier molecular flexibility index (Phi) is 16.0. The molecule has 1 aliphatic heterocycles. The minimum absolute atomic E-state index is 0.0396. The first-order chi connectivity index (χ1) is 14.6. The monoisotopic (exact) mass is 424 g/mol. The van der Waals surface area contributed by atoms with E-state index in [0.717, 1.165) is 31.8 Å². The van der Waals surface area contributed by atoms with E-state index in [1.807, 2.05) is 0 Å². The van der Waals surface area contributed by atoms with Crippen LogP contribution in [0.2, 0.25) is 0 Å². The van der Waals surface area contributed by atoms with Crippen LogP contribution < -0.4 is 5.11 Å². The Morgan fingerprint density at radius 3 is 1.83 bits per heavy atom. The lowest BCUT2D eigenvalue weighted by molar-refractivity contribution is -0.836. The van der Waals surface area contributed by atoms with Gasteiger partial charge in [-0.05, 0) is 6.42 Å². The fourth-order valence-corrected chi connectivity index (χ4v) is 4.71. The number of hydrogen-bond donors (Lipinski definition) is 1. The molecule has 5 heteroatoms. The van der Waals surface area contributed by atoms with E-state index in [9.17, 15) is 15.0 Å². The second-order valence-corrected chi connectivity index (χ2v) is 9.16. The van der Waals surface area contributed by atoms with Crippen molar-refractivity contribution in [3.8, 4) is 0 Å². The molecule has 0 aromatic heterocycles. The molecule has 1 heterocycles. The van der Waals surface area contributed by atoms with Crippen LogP contribution in [0.1, 0.15) is 116 Å². The molecular weight excluding hydrogens is 376 g/mol. The Morgan fingerprint density at radius 2 is 1.37 bits per heavy atom. The van der Waals surface area contributed by atoms with E-state index in [4.69, 9.17) is 0 Å².